The van der Waals surface area contributed by atoms with Crippen LogP contribution >= 0.6 is 11.3 Å². The van der Waals surface area contributed by atoms with E-state index < -0.39 is 10.0 Å². The smallest absolute Gasteiger partial charge is 0.252 e. The number of sulfonamides is 1. The minimum atomic E-state index is -3.29. The third-order valence-corrected chi connectivity index (χ3v) is 6.55. The van der Waals surface area contributed by atoms with Crippen LogP contribution in [-0.2, 0) is 16.6 Å². The van der Waals surface area contributed by atoms with Crippen LogP contribution in [0, 0.1) is 0 Å². The molecule has 0 radical (unpaired) electrons. The van der Waals surface area contributed by atoms with Crippen molar-refractivity contribution in [3.8, 4) is 0 Å². The third kappa shape index (κ3) is 2.02. The van der Waals surface area contributed by atoms with Crippen molar-refractivity contribution in [2.75, 3.05) is 7.05 Å². The van der Waals surface area contributed by atoms with E-state index in [1.165, 1.54) is 15.6 Å². The van der Waals surface area contributed by atoms with Crippen LogP contribution in [-0.4, -0.2) is 25.8 Å². The molecule has 0 spiro atoms. The van der Waals surface area contributed by atoms with Gasteiger partial charge in [-0.1, -0.05) is 6.42 Å². The van der Waals surface area contributed by atoms with E-state index >= 15 is 0 Å². The van der Waals surface area contributed by atoms with Crippen molar-refractivity contribution in [1.82, 2.24) is 4.31 Å². The second-order valence-corrected chi connectivity index (χ2v) is 7.42. The van der Waals surface area contributed by atoms with Gasteiger partial charge in [0.05, 0.1) is 0 Å². The molecule has 0 saturated heterocycles. The second kappa shape index (κ2) is 4.44. The van der Waals surface area contributed by atoms with Crippen LogP contribution in [0.25, 0.3) is 0 Å². The summed E-state index contributed by atoms with van der Waals surface area (Å²) in [4.78, 5) is 0.903. The zero-order chi connectivity index (χ0) is 11.8. The van der Waals surface area contributed by atoms with Gasteiger partial charge in [-0.2, -0.15) is 4.31 Å². The molecule has 2 rings (SSSR count). The maximum Gasteiger partial charge on any atom is 0.252 e. The normalized spacial score (nSPS) is 17.7. The zero-order valence-electron chi connectivity index (χ0n) is 9.22. The van der Waals surface area contributed by atoms with Gasteiger partial charge >= 0.3 is 0 Å². The summed E-state index contributed by atoms with van der Waals surface area (Å²) in [7, 11) is -1.62. The van der Waals surface area contributed by atoms with Gasteiger partial charge in [0.25, 0.3) is 10.0 Å². The van der Waals surface area contributed by atoms with Crippen LogP contribution in [0.4, 0.5) is 0 Å². The molecule has 0 unspecified atom stereocenters. The number of rotatable bonds is 4. The SMILES string of the molecule is CN(C1CCC1)S(=O)(=O)c1ccc(CN)s1. The lowest BCUT2D eigenvalue weighted by atomic mass is 9.94. The standard InChI is InChI=1S/C10H16N2O2S2/c1-12(8-3-2-4-8)16(13,14)10-6-5-9(7-11)15-10/h5-6,8H,2-4,7,11H2,1H3. The highest BCUT2D eigenvalue weighted by Crippen LogP contribution is 2.31. The minimum Gasteiger partial charge on any atom is -0.326 e. The lowest BCUT2D eigenvalue weighted by Crippen LogP contribution is -2.40. The predicted molar refractivity (Wildman–Crippen MR) is 64.8 cm³/mol. The summed E-state index contributed by atoms with van der Waals surface area (Å²) >= 11 is 1.27. The minimum absolute atomic E-state index is 0.188. The van der Waals surface area contributed by atoms with E-state index in [2.05, 4.69) is 0 Å². The van der Waals surface area contributed by atoms with Crippen molar-refractivity contribution in [3.05, 3.63) is 17.0 Å². The highest BCUT2D eigenvalue weighted by molar-refractivity contribution is 7.91. The molecule has 4 nitrogen and oxygen atoms in total. The van der Waals surface area contributed by atoms with Gasteiger partial charge in [-0.05, 0) is 25.0 Å². The Labute approximate surface area is 100 Å². The van der Waals surface area contributed by atoms with E-state index in [0.717, 1.165) is 24.1 Å². The van der Waals surface area contributed by atoms with Gasteiger partial charge in [-0.25, -0.2) is 8.42 Å². The van der Waals surface area contributed by atoms with Crippen molar-refractivity contribution < 1.29 is 8.42 Å². The Morgan fingerprint density at radius 2 is 2.19 bits per heavy atom. The number of nitrogens with zero attached hydrogens (tertiary/aromatic N) is 1. The number of hydrogen-bond donors (Lipinski definition) is 1. The highest BCUT2D eigenvalue weighted by Gasteiger charge is 2.32. The summed E-state index contributed by atoms with van der Waals surface area (Å²) in [5.41, 5.74) is 5.48. The Morgan fingerprint density at radius 3 is 2.62 bits per heavy atom. The Balaban J connectivity index is 2.23. The van der Waals surface area contributed by atoms with Crippen LogP contribution in [0.15, 0.2) is 16.3 Å². The van der Waals surface area contributed by atoms with Gasteiger partial charge in [0.15, 0.2) is 0 Å². The largest absolute Gasteiger partial charge is 0.326 e. The molecular formula is C10H16N2O2S2. The molecule has 2 N–H and O–H groups in total. The zero-order valence-corrected chi connectivity index (χ0v) is 10.9. The molecule has 90 valence electrons. The van der Waals surface area contributed by atoms with Gasteiger partial charge in [-0.3, -0.25) is 0 Å². The average Bonchev–Trinajstić information content (AvgIpc) is 2.63. The van der Waals surface area contributed by atoms with E-state index in [0.29, 0.717) is 10.8 Å². The fourth-order valence-corrected chi connectivity index (χ4v) is 4.53. The molecule has 0 amide bonds. The predicted octanol–water partition coefficient (Wildman–Crippen LogP) is 1.38. The van der Waals surface area contributed by atoms with Crippen molar-refractivity contribution >= 4 is 21.4 Å². The van der Waals surface area contributed by atoms with E-state index in [4.69, 9.17) is 5.73 Å². The molecule has 0 bridgehead atoms. The molecule has 1 aliphatic carbocycles. The third-order valence-electron chi connectivity index (χ3n) is 3.06. The molecule has 16 heavy (non-hydrogen) atoms. The molecule has 1 fully saturated rings. The van der Waals surface area contributed by atoms with E-state index in [9.17, 15) is 8.42 Å². The van der Waals surface area contributed by atoms with Gasteiger partial charge in [-0.15, -0.1) is 11.3 Å². The molecule has 0 aromatic carbocycles. The molecule has 0 aliphatic heterocycles. The molecular weight excluding hydrogens is 244 g/mol. The molecule has 1 aromatic heterocycles. The van der Waals surface area contributed by atoms with Crippen LogP contribution in [0.2, 0.25) is 0 Å². The quantitative estimate of drug-likeness (QED) is 0.889. The van der Waals surface area contributed by atoms with Crippen LogP contribution in [0.1, 0.15) is 24.1 Å². The molecule has 1 heterocycles. The number of hydrogen-bond acceptors (Lipinski definition) is 4. The second-order valence-electron chi connectivity index (χ2n) is 4.03. The highest BCUT2D eigenvalue weighted by atomic mass is 32.2. The first-order valence-electron chi connectivity index (χ1n) is 5.32. The maximum atomic E-state index is 12.2. The Bertz CT molecular complexity index is 463. The Morgan fingerprint density at radius 1 is 1.50 bits per heavy atom. The summed E-state index contributed by atoms with van der Waals surface area (Å²) in [6, 6.07) is 3.62. The summed E-state index contributed by atoms with van der Waals surface area (Å²) in [6.45, 7) is 0.396. The van der Waals surface area contributed by atoms with Crippen LogP contribution in [0.5, 0.6) is 0 Å². The van der Waals surface area contributed by atoms with Crippen molar-refractivity contribution in [2.45, 2.75) is 36.1 Å². The average molecular weight is 260 g/mol. The van der Waals surface area contributed by atoms with Gasteiger partial charge in [0.1, 0.15) is 4.21 Å². The first kappa shape index (κ1) is 12.0. The lowest BCUT2D eigenvalue weighted by molar-refractivity contribution is 0.250. The van der Waals surface area contributed by atoms with Crippen molar-refractivity contribution in [1.29, 1.82) is 0 Å². The molecule has 0 atom stereocenters. The van der Waals surface area contributed by atoms with Gasteiger partial charge < -0.3 is 5.73 Å². The molecule has 1 saturated carbocycles. The molecule has 1 aromatic rings. The fourth-order valence-electron chi connectivity index (χ4n) is 1.70. The lowest BCUT2D eigenvalue weighted by Gasteiger charge is -2.33. The van der Waals surface area contributed by atoms with Crippen LogP contribution < -0.4 is 5.73 Å². The van der Waals surface area contributed by atoms with Gasteiger partial charge in [0, 0.05) is 24.5 Å². The Hall–Kier alpha value is -0.430. The van der Waals surface area contributed by atoms with Gasteiger partial charge in [0.2, 0.25) is 0 Å². The van der Waals surface area contributed by atoms with E-state index in [1.54, 1.807) is 19.2 Å². The number of thiophene rings is 1. The summed E-state index contributed by atoms with van der Waals surface area (Å²) in [5.74, 6) is 0. The summed E-state index contributed by atoms with van der Waals surface area (Å²) in [5, 5.41) is 0. The molecule has 6 heteroatoms. The summed E-state index contributed by atoms with van der Waals surface area (Å²) < 4.78 is 26.3. The van der Waals surface area contributed by atoms with E-state index in [1.807, 2.05) is 0 Å². The van der Waals surface area contributed by atoms with Crippen molar-refractivity contribution in [3.63, 3.8) is 0 Å². The fraction of sp³-hybridized carbons (Fsp3) is 0.600. The van der Waals surface area contributed by atoms with E-state index in [-0.39, 0.29) is 6.04 Å². The maximum absolute atomic E-state index is 12.2. The Kier molecular flexibility index (Phi) is 3.34. The molecule has 1 aliphatic rings. The first-order valence-corrected chi connectivity index (χ1v) is 7.58. The topological polar surface area (TPSA) is 63.4 Å². The van der Waals surface area contributed by atoms with Crippen molar-refractivity contribution in [2.24, 2.45) is 5.73 Å². The summed E-state index contributed by atoms with van der Waals surface area (Å²) in [6.07, 6.45) is 3.08. The van der Waals surface area contributed by atoms with Crippen LogP contribution in [0.3, 0.4) is 0 Å². The monoisotopic (exact) mass is 260 g/mol. The first-order chi connectivity index (χ1) is 7.55. The number of nitrogens with two attached hydrogens (primary N) is 1.